The summed E-state index contributed by atoms with van der Waals surface area (Å²) in [6, 6.07) is 5.98. The van der Waals surface area contributed by atoms with Gasteiger partial charge in [0.1, 0.15) is 0 Å². The summed E-state index contributed by atoms with van der Waals surface area (Å²) in [5, 5.41) is 8.81. The van der Waals surface area contributed by atoms with Crippen molar-refractivity contribution in [2.45, 2.75) is 20.3 Å². The first-order valence-electron chi connectivity index (χ1n) is 5.87. The smallest absolute Gasteiger partial charge is 0.171 e. The van der Waals surface area contributed by atoms with Crippen molar-refractivity contribution >= 4 is 5.82 Å². The van der Waals surface area contributed by atoms with E-state index < -0.39 is 0 Å². The van der Waals surface area contributed by atoms with Crippen LogP contribution in [0.3, 0.4) is 0 Å². The fraction of sp³-hybridized carbons (Fsp3) is 0.538. The average Bonchev–Trinajstić information content (AvgIpc) is 2.36. The molecule has 4 nitrogen and oxygen atoms in total. The van der Waals surface area contributed by atoms with Gasteiger partial charge in [0, 0.05) is 19.8 Å². The van der Waals surface area contributed by atoms with E-state index in [1.165, 1.54) is 0 Å². The third kappa shape index (κ3) is 3.95. The van der Waals surface area contributed by atoms with Gasteiger partial charge in [-0.25, -0.2) is 4.98 Å². The highest BCUT2D eigenvalue weighted by molar-refractivity contribution is 5.51. The van der Waals surface area contributed by atoms with Gasteiger partial charge in [0.15, 0.2) is 11.6 Å². The van der Waals surface area contributed by atoms with Gasteiger partial charge in [0.25, 0.3) is 0 Å². The van der Waals surface area contributed by atoms with Gasteiger partial charge in [-0.15, -0.1) is 0 Å². The summed E-state index contributed by atoms with van der Waals surface area (Å²) in [5.74, 6) is 1.55. The van der Waals surface area contributed by atoms with Crippen LogP contribution in [0, 0.1) is 17.2 Å². The minimum absolute atomic E-state index is 0.0268. The van der Waals surface area contributed by atoms with Gasteiger partial charge in [0.05, 0.1) is 18.6 Å². The largest absolute Gasteiger partial charge is 0.490 e. The Hall–Kier alpha value is -1.76. The number of nitrogens with zero attached hydrogens (tertiary/aromatic N) is 3. The third-order valence-corrected chi connectivity index (χ3v) is 2.34. The molecule has 0 spiro atoms. The summed E-state index contributed by atoms with van der Waals surface area (Å²) < 4.78 is 5.64. The maximum absolute atomic E-state index is 8.81. The van der Waals surface area contributed by atoms with E-state index in [4.69, 9.17) is 10.00 Å². The second kappa shape index (κ2) is 6.74. The van der Waals surface area contributed by atoms with Gasteiger partial charge in [-0.2, -0.15) is 5.26 Å². The molecule has 0 radical (unpaired) electrons. The monoisotopic (exact) mass is 233 g/mol. The molecule has 0 aliphatic rings. The minimum Gasteiger partial charge on any atom is -0.490 e. The van der Waals surface area contributed by atoms with E-state index in [-0.39, 0.29) is 5.92 Å². The van der Waals surface area contributed by atoms with E-state index in [1.807, 2.05) is 31.0 Å². The summed E-state index contributed by atoms with van der Waals surface area (Å²) in [5.41, 5.74) is 0. The zero-order valence-electron chi connectivity index (χ0n) is 10.7. The Morgan fingerprint density at radius 3 is 3.00 bits per heavy atom. The molecule has 4 heteroatoms. The van der Waals surface area contributed by atoms with Gasteiger partial charge in [-0.05, 0) is 25.5 Å². The van der Waals surface area contributed by atoms with Gasteiger partial charge in [-0.1, -0.05) is 6.92 Å². The number of anilines is 1. The molecule has 1 unspecified atom stereocenters. The van der Waals surface area contributed by atoms with Crippen molar-refractivity contribution in [1.29, 1.82) is 5.26 Å². The molecule has 92 valence electrons. The highest BCUT2D eigenvalue weighted by Gasteiger charge is 2.12. The lowest BCUT2D eigenvalue weighted by Crippen LogP contribution is -2.24. The zero-order chi connectivity index (χ0) is 12.7. The lowest BCUT2D eigenvalue weighted by atomic mass is 10.2. The summed E-state index contributed by atoms with van der Waals surface area (Å²) in [4.78, 5) is 6.27. The Kier molecular flexibility index (Phi) is 5.28. The quantitative estimate of drug-likeness (QED) is 0.757. The van der Waals surface area contributed by atoms with Crippen molar-refractivity contribution in [3.63, 3.8) is 0 Å². The van der Waals surface area contributed by atoms with E-state index in [1.54, 1.807) is 6.20 Å². The van der Waals surface area contributed by atoms with Crippen LogP contribution in [-0.2, 0) is 0 Å². The van der Waals surface area contributed by atoms with Crippen molar-refractivity contribution in [3.8, 4) is 11.8 Å². The SMILES string of the molecule is CCCOc1cccnc1N(C)CC(C)C#N. The third-order valence-electron chi connectivity index (χ3n) is 2.34. The van der Waals surface area contributed by atoms with E-state index in [0.717, 1.165) is 18.0 Å². The Morgan fingerprint density at radius 2 is 2.35 bits per heavy atom. The van der Waals surface area contributed by atoms with Crippen LogP contribution in [0.25, 0.3) is 0 Å². The van der Waals surface area contributed by atoms with Crippen LogP contribution in [0.1, 0.15) is 20.3 Å². The molecule has 0 saturated heterocycles. The molecular weight excluding hydrogens is 214 g/mol. The molecule has 0 amide bonds. The molecule has 0 saturated carbocycles. The van der Waals surface area contributed by atoms with Crippen LogP contribution in [0.2, 0.25) is 0 Å². The van der Waals surface area contributed by atoms with E-state index >= 15 is 0 Å². The topological polar surface area (TPSA) is 49.1 Å². The molecule has 17 heavy (non-hydrogen) atoms. The maximum atomic E-state index is 8.81. The number of hydrogen-bond donors (Lipinski definition) is 0. The Bertz CT molecular complexity index is 386. The van der Waals surface area contributed by atoms with E-state index in [2.05, 4.69) is 18.0 Å². The lowest BCUT2D eigenvalue weighted by molar-refractivity contribution is 0.316. The number of aromatic nitrogens is 1. The molecule has 0 bridgehead atoms. The Labute approximate surface area is 103 Å². The highest BCUT2D eigenvalue weighted by Crippen LogP contribution is 2.24. The van der Waals surface area contributed by atoms with Crippen molar-refractivity contribution in [1.82, 2.24) is 4.98 Å². The molecular formula is C13H19N3O. The van der Waals surface area contributed by atoms with Crippen LogP contribution in [0.4, 0.5) is 5.82 Å². The molecule has 1 aromatic rings. The molecule has 0 aliphatic carbocycles. The fourth-order valence-electron chi connectivity index (χ4n) is 1.53. The van der Waals surface area contributed by atoms with E-state index in [9.17, 15) is 0 Å². The summed E-state index contributed by atoms with van der Waals surface area (Å²) in [7, 11) is 1.93. The molecule has 0 fully saturated rings. The van der Waals surface area contributed by atoms with Crippen LogP contribution in [0.15, 0.2) is 18.3 Å². The minimum atomic E-state index is -0.0268. The normalized spacial score (nSPS) is 11.6. The number of pyridine rings is 1. The van der Waals surface area contributed by atoms with Crippen molar-refractivity contribution in [3.05, 3.63) is 18.3 Å². The Morgan fingerprint density at radius 1 is 1.59 bits per heavy atom. The van der Waals surface area contributed by atoms with E-state index in [0.29, 0.717) is 13.2 Å². The standard InChI is InChI=1S/C13H19N3O/c1-4-8-17-12-6-5-7-15-13(12)16(3)10-11(2)9-14/h5-7,11H,4,8,10H2,1-3H3. The van der Waals surface area contributed by atoms with Gasteiger partial charge >= 0.3 is 0 Å². The highest BCUT2D eigenvalue weighted by atomic mass is 16.5. The van der Waals surface area contributed by atoms with Crippen molar-refractivity contribution in [2.24, 2.45) is 5.92 Å². The first kappa shape index (κ1) is 13.3. The van der Waals surface area contributed by atoms with Crippen LogP contribution >= 0.6 is 0 Å². The van der Waals surface area contributed by atoms with Crippen molar-refractivity contribution < 1.29 is 4.74 Å². The van der Waals surface area contributed by atoms with Crippen LogP contribution < -0.4 is 9.64 Å². The molecule has 1 aromatic heterocycles. The number of ether oxygens (including phenoxy) is 1. The average molecular weight is 233 g/mol. The summed E-state index contributed by atoms with van der Waals surface area (Å²) in [6.07, 6.45) is 2.70. The number of nitriles is 1. The predicted molar refractivity (Wildman–Crippen MR) is 68.1 cm³/mol. The second-order valence-corrected chi connectivity index (χ2v) is 4.08. The lowest BCUT2D eigenvalue weighted by Gasteiger charge is -2.21. The van der Waals surface area contributed by atoms with Gasteiger partial charge in [-0.3, -0.25) is 0 Å². The van der Waals surface area contributed by atoms with Gasteiger partial charge < -0.3 is 9.64 Å². The summed E-state index contributed by atoms with van der Waals surface area (Å²) in [6.45, 7) is 5.29. The Balaban J connectivity index is 2.78. The molecule has 1 heterocycles. The molecule has 1 rings (SSSR count). The first-order chi connectivity index (χ1) is 8.19. The molecule has 0 aliphatic heterocycles. The second-order valence-electron chi connectivity index (χ2n) is 4.08. The predicted octanol–water partition coefficient (Wildman–Crippen LogP) is 2.47. The van der Waals surface area contributed by atoms with Crippen LogP contribution in [0.5, 0.6) is 5.75 Å². The summed E-state index contributed by atoms with van der Waals surface area (Å²) >= 11 is 0. The molecule has 1 atom stereocenters. The van der Waals surface area contributed by atoms with Crippen LogP contribution in [-0.4, -0.2) is 25.2 Å². The zero-order valence-corrected chi connectivity index (χ0v) is 10.7. The molecule has 0 N–H and O–H groups in total. The van der Waals surface area contributed by atoms with Gasteiger partial charge in [0.2, 0.25) is 0 Å². The fourth-order valence-corrected chi connectivity index (χ4v) is 1.53. The number of hydrogen-bond acceptors (Lipinski definition) is 4. The maximum Gasteiger partial charge on any atom is 0.171 e. The van der Waals surface area contributed by atoms with Crippen molar-refractivity contribution in [2.75, 3.05) is 25.1 Å². The number of rotatable bonds is 6. The first-order valence-corrected chi connectivity index (χ1v) is 5.87. The molecule has 0 aromatic carbocycles.